The fourth-order valence-electron chi connectivity index (χ4n) is 1.34. The van der Waals surface area contributed by atoms with Gasteiger partial charge in [-0.2, -0.15) is 0 Å². The standard InChI is InChI=1S/C9H9ClFN.ClH/c10-8-5-6(11)1-2-7(8)9-3-4-12-9;/h1-2,5,9,12H,3-4H2;1H/t9-;/m1./s1. The minimum absolute atomic E-state index is 0. The number of benzene rings is 1. The van der Waals surface area contributed by atoms with Crippen molar-refractivity contribution in [2.24, 2.45) is 0 Å². The monoisotopic (exact) mass is 221 g/mol. The Morgan fingerprint density at radius 3 is 2.62 bits per heavy atom. The van der Waals surface area contributed by atoms with Crippen LogP contribution in [0.25, 0.3) is 0 Å². The first kappa shape index (κ1) is 10.8. The minimum Gasteiger partial charge on any atom is -0.310 e. The smallest absolute Gasteiger partial charge is 0.124 e. The van der Waals surface area contributed by atoms with E-state index >= 15 is 0 Å². The summed E-state index contributed by atoms with van der Waals surface area (Å²) < 4.78 is 12.6. The summed E-state index contributed by atoms with van der Waals surface area (Å²) in [5.74, 6) is -0.275. The zero-order valence-corrected chi connectivity index (χ0v) is 8.46. The third-order valence-corrected chi connectivity index (χ3v) is 2.49. The van der Waals surface area contributed by atoms with Crippen LogP contribution in [0.2, 0.25) is 5.02 Å². The van der Waals surface area contributed by atoms with Gasteiger partial charge in [-0.15, -0.1) is 12.4 Å². The third-order valence-electron chi connectivity index (χ3n) is 2.16. The molecule has 1 N–H and O–H groups in total. The van der Waals surface area contributed by atoms with E-state index in [9.17, 15) is 4.39 Å². The van der Waals surface area contributed by atoms with E-state index in [4.69, 9.17) is 11.6 Å². The van der Waals surface area contributed by atoms with E-state index in [1.54, 1.807) is 6.07 Å². The molecule has 2 rings (SSSR count). The molecule has 1 nitrogen and oxygen atoms in total. The molecule has 4 heteroatoms. The second kappa shape index (κ2) is 4.27. The summed E-state index contributed by atoms with van der Waals surface area (Å²) in [6.45, 7) is 1.03. The molecule has 0 aliphatic carbocycles. The van der Waals surface area contributed by atoms with Crippen LogP contribution in [-0.2, 0) is 0 Å². The summed E-state index contributed by atoms with van der Waals surface area (Å²) in [4.78, 5) is 0. The quantitative estimate of drug-likeness (QED) is 0.770. The van der Waals surface area contributed by atoms with Crippen LogP contribution in [0.4, 0.5) is 4.39 Å². The fourth-order valence-corrected chi connectivity index (χ4v) is 1.64. The van der Waals surface area contributed by atoms with Crippen molar-refractivity contribution in [1.29, 1.82) is 0 Å². The lowest BCUT2D eigenvalue weighted by Gasteiger charge is -2.28. The first-order valence-electron chi connectivity index (χ1n) is 3.96. The van der Waals surface area contributed by atoms with Gasteiger partial charge >= 0.3 is 0 Å². The molecule has 1 saturated heterocycles. The van der Waals surface area contributed by atoms with Crippen molar-refractivity contribution < 1.29 is 4.39 Å². The van der Waals surface area contributed by atoms with Gasteiger partial charge in [0.1, 0.15) is 5.82 Å². The van der Waals surface area contributed by atoms with Crippen molar-refractivity contribution in [3.63, 3.8) is 0 Å². The van der Waals surface area contributed by atoms with Crippen molar-refractivity contribution in [2.45, 2.75) is 12.5 Å². The van der Waals surface area contributed by atoms with Crippen LogP contribution in [0.5, 0.6) is 0 Å². The Hall–Kier alpha value is -0.310. The summed E-state index contributed by atoms with van der Waals surface area (Å²) >= 11 is 5.86. The molecule has 0 amide bonds. The van der Waals surface area contributed by atoms with Crippen LogP contribution in [0.1, 0.15) is 18.0 Å². The second-order valence-electron chi connectivity index (χ2n) is 2.96. The maximum atomic E-state index is 12.6. The van der Waals surface area contributed by atoms with Gasteiger partial charge in [0.2, 0.25) is 0 Å². The molecule has 1 aliphatic rings. The average Bonchev–Trinajstić information content (AvgIpc) is 1.91. The highest BCUT2D eigenvalue weighted by molar-refractivity contribution is 6.31. The molecular formula is C9H10Cl2FN. The van der Waals surface area contributed by atoms with E-state index in [-0.39, 0.29) is 18.2 Å². The Morgan fingerprint density at radius 1 is 1.46 bits per heavy atom. The second-order valence-corrected chi connectivity index (χ2v) is 3.37. The van der Waals surface area contributed by atoms with Gasteiger partial charge in [0.25, 0.3) is 0 Å². The van der Waals surface area contributed by atoms with E-state index in [1.807, 2.05) is 0 Å². The van der Waals surface area contributed by atoms with Crippen molar-refractivity contribution in [2.75, 3.05) is 6.54 Å². The van der Waals surface area contributed by atoms with Gasteiger partial charge in [-0.25, -0.2) is 4.39 Å². The zero-order valence-electron chi connectivity index (χ0n) is 6.89. The molecule has 1 aromatic rings. The lowest BCUT2D eigenvalue weighted by atomic mass is 9.98. The molecule has 13 heavy (non-hydrogen) atoms. The summed E-state index contributed by atoms with van der Waals surface area (Å²) in [7, 11) is 0. The lowest BCUT2D eigenvalue weighted by molar-refractivity contribution is 0.383. The van der Waals surface area contributed by atoms with E-state index in [0.717, 1.165) is 18.5 Å². The highest BCUT2D eigenvalue weighted by Gasteiger charge is 2.20. The topological polar surface area (TPSA) is 12.0 Å². The van der Waals surface area contributed by atoms with Gasteiger partial charge in [0, 0.05) is 11.1 Å². The molecule has 72 valence electrons. The summed E-state index contributed by atoms with van der Waals surface area (Å²) in [6.07, 6.45) is 1.09. The van der Waals surface area contributed by atoms with Gasteiger partial charge < -0.3 is 5.32 Å². The van der Waals surface area contributed by atoms with Crippen LogP contribution >= 0.6 is 24.0 Å². The molecule has 0 bridgehead atoms. The first-order valence-corrected chi connectivity index (χ1v) is 4.33. The Morgan fingerprint density at radius 2 is 2.15 bits per heavy atom. The molecule has 1 fully saturated rings. The van der Waals surface area contributed by atoms with Crippen molar-refractivity contribution in [1.82, 2.24) is 5.32 Å². The number of rotatable bonds is 1. The average molecular weight is 222 g/mol. The first-order chi connectivity index (χ1) is 5.77. The Labute approximate surface area is 87.7 Å². The highest BCUT2D eigenvalue weighted by atomic mass is 35.5. The van der Waals surface area contributed by atoms with Crippen LogP contribution in [-0.4, -0.2) is 6.54 Å². The number of hydrogen-bond donors (Lipinski definition) is 1. The summed E-state index contributed by atoms with van der Waals surface area (Å²) in [5.41, 5.74) is 1.00. The summed E-state index contributed by atoms with van der Waals surface area (Å²) in [6, 6.07) is 4.88. The largest absolute Gasteiger partial charge is 0.310 e. The molecule has 0 unspecified atom stereocenters. The Bertz CT molecular complexity index is 300. The third kappa shape index (κ3) is 2.13. The zero-order chi connectivity index (χ0) is 8.55. The van der Waals surface area contributed by atoms with Crippen molar-refractivity contribution in [3.05, 3.63) is 34.6 Å². The predicted octanol–water partition coefficient (Wildman–Crippen LogP) is 2.94. The van der Waals surface area contributed by atoms with E-state index in [2.05, 4.69) is 5.32 Å². The molecule has 0 radical (unpaired) electrons. The molecule has 0 spiro atoms. The molecule has 1 aliphatic heterocycles. The van der Waals surface area contributed by atoms with Crippen LogP contribution in [0, 0.1) is 5.82 Å². The fraction of sp³-hybridized carbons (Fsp3) is 0.333. The van der Waals surface area contributed by atoms with Crippen LogP contribution < -0.4 is 5.32 Å². The molecule has 1 heterocycles. The lowest BCUT2D eigenvalue weighted by Crippen LogP contribution is -2.35. The van der Waals surface area contributed by atoms with Gasteiger partial charge in [-0.1, -0.05) is 17.7 Å². The molecule has 1 atom stereocenters. The van der Waals surface area contributed by atoms with E-state index in [1.165, 1.54) is 12.1 Å². The van der Waals surface area contributed by atoms with E-state index < -0.39 is 0 Å². The van der Waals surface area contributed by atoms with Gasteiger partial charge in [0.15, 0.2) is 0 Å². The number of halogens is 3. The predicted molar refractivity (Wildman–Crippen MR) is 54.0 cm³/mol. The maximum absolute atomic E-state index is 12.6. The molecular weight excluding hydrogens is 212 g/mol. The number of nitrogens with one attached hydrogen (secondary N) is 1. The molecule has 0 aromatic heterocycles. The SMILES string of the molecule is Cl.Fc1ccc([C@H]2CCN2)c(Cl)c1. The van der Waals surface area contributed by atoms with Crippen molar-refractivity contribution in [3.8, 4) is 0 Å². The Balaban J connectivity index is 0.000000845. The van der Waals surface area contributed by atoms with Gasteiger partial charge in [0.05, 0.1) is 0 Å². The van der Waals surface area contributed by atoms with E-state index in [0.29, 0.717) is 11.1 Å². The van der Waals surface area contributed by atoms with Crippen molar-refractivity contribution >= 4 is 24.0 Å². The molecule has 0 saturated carbocycles. The van der Waals surface area contributed by atoms with Crippen LogP contribution in [0.3, 0.4) is 0 Å². The maximum Gasteiger partial charge on any atom is 0.124 e. The van der Waals surface area contributed by atoms with Crippen LogP contribution in [0.15, 0.2) is 18.2 Å². The minimum atomic E-state index is -0.275. The van der Waals surface area contributed by atoms with Gasteiger partial charge in [-0.05, 0) is 30.7 Å². The Kier molecular flexibility index (Phi) is 3.54. The van der Waals surface area contributed by atoms with Gasteiger partial charge in [-0.3, -0.25) is 0 Å². The highest BCUT2D eigenvalue weighted by Crippen LogP contribution is 2.29. The molecule has 1 aromatic carbocycles. The number of hydrogen-bond acceptors (Lipinski definition) is 1. The normalized spacial score (nSPS) is 20.3. The summed E-state index contributed by atoms with van der Waals surface area (Å²) in [5, 5.41) is 3.74.